The highest BCUT2D eigenvalue weighted by atomic mass is 35.5. The van der Waals surface area contributed by atoms with Gasteiger partial charge < -0.3 is 4.52 Å². The van der Waals surface area contributed by atoms with Crippen LogP contribution in [0.25, 0.3) is 0 Å². The maximum atomic E-state index is 12.9. The summed E-state index contributed by atoms with van der Waals surface area (Å²) in [5.74, 6) is -0.379. The van der Waals surface area contributed by atoms with Crippen molar-refractivity contribution >= 4 is 27.2 Å². The molecule has 0 aliphatic heterocycles. The normalized spacial score (nSPS) is 14.9. The molecule has 1 aromatic heterocycles. The molecule has 0 radical (unpaired) electrons. The highest BCUT2D eigenvalue weighted by Gasteiger charge is 2.34. The molecule has 8 heteroatoms. The van der Waals surface area contributed by atoms with E-state index >= 15 is 0 Å². The van der Waals surface area contributed by atoms with Crippen molar-refractivity contribution in [3.05, 3.63) is 45.8 Å². The van der Waals surface area contributed by atoms with Crippen LogP contribution in [0.15, 0.2) is 27.8 Å². The molecule has 1 aliphatic rings. The summed E-state index contributed by atoms with van der Waals surface area (Å²) in [5.41, 5.74) is 0.679. The molecule has 5 nitrogen and oxygen atoms in total. The Bertz CT molecular complexity index is 887. The number of hydrogen-bond donors (Lipinski definition) is 0. The van der Waals surface area contributed by atoms with Crippen LogP contribution in [0, 0.1) is 0 Å². The van der Waals surface area contributed by atoms with E-state index in [0.717, 1.165) is 19.1 Å². The second kappa shape index (κ2) is 5.72. The van der Waals surface area contributed by atoms with Crippen LogP contribution in [0.1, 0.15) is 45.9 Å². The minimum Gasteiger partial charge on any atom is -0.364 e. The number of sulfone groups is 1. The van der Waals surface area contributed by atoms with Crippen LogP contribution in [0.4, 0.5) is 4.39 Å². The lowest BCUT2D eigenvalue weighted by molar-refractivity contribution is 0.103. The molecule has 1 fully saturated rings. The molecule has 23 heavy (non-hydrogen) atoms. The zero-order valence-electron chi connectivity index (χ0n) is 12.2. The molecule has 1 aromatic carbocycles. The van der Waals surface area contributed by atoms with Gasteiger partial charge in [0.1, 0.15) is 12.9 Å². The summed E-state index contributed by atoms with van der Waals surface area (Å²) in [6.45, 7) is -0.920. The number of nitrogens with zero attached hydrogens (tertiary/aromatic N) is 1. The first kappa shape index (κ1) is 16.1. The van der Waals surface area contributed by atoms with Crippen LogP contribution in [0.3, 0.4) is 0 Å². The summed E-state index contributed by atoms with van der Waals surface area (Å²) in [7, 11) is -3.82. The van der Waals surface area contributed by atoms with Gasteiger partial charge in [-0.3, -0.25) is 4.79 Å². The third kappa shape index (κ3) is 2.90. The van der Waals surface area contributed by atoms with Crippen LogP contribution >= 0.6 is 11.6 Å². The highest BCUT2D eigenvalue weighted by Crippen LogP contribution is 2.41. The van der Waals surface area contributed by atoms with E-state index in [9.17, 15) is 17.6 Å². The lowest BCUT2D eigenvalue weighted by Crippen LogP contribution is -2.12. The summed E-state index contributed by atoms with van der Waals surface area (Å²) < 4.78 is 41.9. The molecule has 1 saturated carbocycles. The van der Waals surface area contributed by atoms with Gasteiger partial charge in [0, 0.05) is 23.3 Å². The standard InChI is InChI=1S/C15H13ClFNO4S/c1-23(20,21)15-10(5-4-9(6-17)12(15)16)14(19)11-7-22-18-13(11)8-2-3-8/h4-5,7-8H,2-3,6H2,1H3. The number of benzene rings is 1. The van der Waals surface area contributed by atoms with Crippen molar-refractivity contribution in [2.45, 2.75) is 30.3 Å². The molecule has 0 saturated heterocycles. The Kier molecular flexibility index (Phi) is 4.01. The first-order valence-corrected chi connectivity index (χ1v) is 9.18. The number of rotatable bonds is 5. The van der Waals surface area contributed by atoms with E-state index in [1.165, 1.54) is 18.4 Å². The summed E-state index contributed by atoms with van der Waals surface area (Å²) in [6, 6.07) is 2.59. The fourth-order valence-electron chi connectivity index (χ4n) is 2.45. The average Bonchev–Trinajstić information content (AvgIpc) is 3.22. The molecule has 0 bridgehead atoms. The summed E-state index contributed by atoms with van der Waals surface area (Å²) in [4.78, 5) is 12.4. The first-order valence-electron chi connectivity index (χ1n) is 6.91. The van der Waals surface area contributed by atoms with Crippen molar-refractivity contribution in [3.63, 3.8) is 0 Å². The molecular weight excluding hydrogens is 345 g/mol. The van der Waals surface area contributed by atoms with Gasteiger partial charge in [0.2, 0.25) is 0 Å². The summed E-state index contributed by atoms with van der Waals surface area (Å²) >= 11 is 6.01. The molecule has 3 rings (SSSR count). The fourth-order valence-corrected chi connectivity index (χ4v) is 4.11. The molecular formula is C15H13ClFNO4S. The molecule has 0 N–H and O–H groups in total. The third-order valence-electron chi connectivity index (χ3n) is 3.74. The van der Waals surface area contributed by atoms with Gasteiger partial charge in [-0.15, -0.1) is 0 Å². The van der Waals surface area contributed by atoms with Gasteiger partial charge in [-0.05, 0) is 18.9 Å². The predicted octanol–water partition coefficient (Wildman–Crippen LogP) is 3.31. The molecule has 0 spiro atoms. The van der Waals surface area contributed by atoms with Crippen molar-refractivity contribution in [1.29, 1.82) is 0 Å². The van der Waals surface area contributed by atoms with Crippen LogP contribution in [0.5, 0.6) is 0 Å². The van der Waals surface area contributed by atoms with Gasteiger partial charge in [0.25, 0.3) is 0 Å². The largest absolute Gasteiger partial charge is 0.364 e. The van der Waals surface area contributed by atoms with Gasteiger partial charge in [-0.1, -0.05) is 22.8 Å². The molecule has 2 aromatic rings. The van der Waals surface area contributed by atoms with E-state index in [2.05, 4.69) is 5.16 Å². The maximum absolute atomic E-state index is 12.9. The Morgan fingerprint density at radius 3 is 2.65 bits per heavy atom. The SMILES string of the molecule is CS(=O)(=O)c1c(C(=O)c2conc2C2CC2)ccc(CF)c1Cl. The van der Waals surface area contributed by atoms with E-state index in [1.54, 1.807) is 0 Å². The van der Waals surface area contributed by atoms with Gasteiger partial charge >= 0.3 is 0 Å². The number of alkyl halides is 1. The molecule has 1 heterocycles. The van der Waals surface area contributed by atoms with Crippen molar-refractivity contribution in [2.24, 2.45) is 0 Å². The van der Waals surface area contributed by atoms with E-state index in [4.69, 9.17) is 16.1 Å². The minimum atomic E-state index is -3.82. The lowest BCUT2D eigenvalue weighted by atomic mass is 10.0. The maximum Gasteiger partial charge on any atom is 0.199 e. The Morgan fingerprint density at radius 1 is 1.39 bits per heavy atom. The quantitative estimate of drug-likeness (QED) is 0.767. The smallest absolute Gasteiger partial charge is 0.199 e. The third-order valence-corrected chi connectivity index (χ3v) is 5.45. The monoisotopic (exact) mass is 357 g/mol. The highest BCUT2D eigenvalue weighted by molar-refractivity contribution is 7.91. The van der Waals surface area contributed by atoms with Gasteiger partial charge in [0.15, 0.2) is 15.6 Å². The molecule has 122 valence electrons. The van der Waals surface area contributed by atoms with Crippen molar-refractivity contribution in [2.75, 3.05) is 6.26 Å². The van der Waals surface area contributed by atoms with Crippen LogP contribution in [0.2, 0.25) is 5.02 Å². The second-order valence-corrected chi connectivity index (χ2v) is 7.87. The average molecular weight is 358 g/mol. The Hall–Kier alpha value is -1.73. The fraction of sp³-hybridized carbons (Fsp3) is 0.333. The summed E-state index contributed by atoms with van der Waals surface area (Å²) in [5, 5.41) is 3.58. The van der Waals surface area contributed by atoms with E-state index in [-0.39, 0.29) is 32.5 Å². The van der Waals surface area contributed by atoms with E-state index < -0.39 is 22.3 Å². The Labute approximate surface area is 137 Å². The lowest BCUT2D eigenvalue weighted by Gasteiger charge is -2.11. The minimum absolute atomic E-state index is 0.0244. The summed E-state index contributed by atoms with van der Waals surface area (Å²) in [6.07, 6.45) is 3.96. The predicted molar refractivity (Wildman–Crippen MR) is 81.3 cm³/mol. The van der Waals surface area contributed by atoms with Crippen molar-refractivity contribution in [1.82, 2.24) is 5.16 Å². The second-order valence-electron chi connectivity index (χ2n) is 5.54. The number of hydrogen-bond acceptors (Lipinski definition) is 5. The first-order chi connectivity index (χ1) is 10.8. The Balaban J connectivity index is 2.17. The van der Waals surface area contributed by atoms with Crippen LogP contribution in [-0.2, 0) is 16.5 Å². The number of carbonyl (C=O) groups is 1. The van der Waals surface area contributed by atoms with Crippen molar-refractivity contribution < 1.29 is 22.1 Å². The number of aromatic nitrogens is 1. The molecule has 0 unspecified atom stereocenters. The Morgan fingerprint density at radius 2 is 2.09 bits per heavy atom. The zero-order valence-corrected chi connectivity index (χ0v) is 13.7. The number of halogens is 2. The van der Waals surface area contributed by atoms with Gasteiger partial charge in [-0.2, -0.15) is 0 Å². The number of ketones is 1. The van der Waals surface area contributed by atoms with E-state index in [1.807, 2.05) is 0 Å². The number of carbonyl (C=O) groups excluding carboxylic acids is 1. The molecule has 0 amide bonds. The van der Waals surface area contributed by atoms with Gasteiger partial charge in [0.05, 0.1) is 21.2 Å². The van der Waals surface area contributed by atoms with E-state index in [0.29, 0.717) is 5.69 Å². The molecule has 1 aliphatic carbocycles. The van der Waals surface area contributed by atoms with Gasteiger partial charge in [-0.25, -0.2) is 12.8 Å². The zero-order chi connectivity index (χ0) is 16.8. The van der Waals surface area contributed by atoms with Crippen LogP contribution < -0.4 is 0 Å². The van der Waals surface area contributed by atoms with Crippen molar-refractivity contribution in [3.8, 4) is 0 Å². The molecule has 0 atom stereocenters. The topological polar surface area (TPSA) is 77.2 Å². The van der Waals surface area contributed by atoms with Crippen LogP contribution in [-0.4, -0.2) is 25.6 Å².